The summed E-state index contributed by atoms with van der Waals surface area (Å²) in [5.41, 5.74) is 2.20. The first-order chi connectivity index (χ1) is 8.14. The molecule has 0 fully saturated rings. The van der Waals surface area contributed by atoms with Crippen LogP contribution in [0.4, 0.5) is 0 Å². The van der Waals surface area contributed by atoms with E-state index in [0.29, 0.717) is 0 Å². The maximum atomic E-state index is 8.81. The molecule has 0 atom stereocenters. The topological polar surface area (TPSA) is 27.0 Å². The minimum atomic E-state index is 0.117. The Morgan fingerprint density at radius 2 is 1.39 bits per heavy atom. The average Bonchev–Trinajstić information content (AvgIpc) is 2.23. The molecular weight excluding hydrogens is 220 g/mol. The third-order valence-corrected chi connectivity index (χ3v) is 3.04. The summed E-state index contributed by atoms with van der Waals surface area (Å²) in [6.45, 7) is 14.3. The van der Waals surface area contributed by atoms with Crippen LogP contribution in [0.5, 0.6) is 0 Å². The van der Waals surface area contributed by atoms with Crippen LogP contribution >= 0.6 is 0 Å². The van der Waals surface area contributed by atoms with Gasteiger partial charge in [-0.2, -0.15) is 5.26 Å². The van der Waals surface area contributed by atoms with Crippen LogP contribution in [0.25, 0.3) is 0 Å². The molecule has 0 bridgehead atoms. The maximum Gasteiger partial charge on any atom is 0.0991 e. The lowest BCUT2D eigenvalue weighted by Gasteiger charge is -2.45. The molecule has 1 aromatic rings. The largest absolute Gasteiger partial charge is 0.289 e. The minimum Gasteiger partial charge on any atom is -0.289 e. The van der Waals surface area contributed by atoms with Gasteiger partial charge < -0.3 is 0 Å². The molecule has 1 rings (SSSR count). The van der Waals surface area contributed by atoms with Crippen LogP contribution in [-0.2, 0) is 6.54 Å². The lowest BCUT2D eigenvalue weighted by atomic mass is 9.95. The first-order valence-electron chi connectivity index (χ1n) is 6.41. The van der Waals surface area contributed by atoms with Crippen LogP contribution in [0.1, 0.15) is 52.7 Å². The second kappa shape index (κ2) is 5.12. The van der Waals surface area contributed by atoms with Crippen molar-refractivity contribution in [3.63, 3.8) is 0 Å². The number of nitrogens with zero attached hydrogens (tertiary/aromatic N) is 2. The van der Waals surface area contributed by atoms with Crippen LogP contribution in [0.15, 0.2) is 24.3 Å². The van der Waals surface area contributed by atoms with E-state index in [0.717, 1.165) is 12.1 Å². The first kappa shape index (κ1) is 14.7. The molecule has 0 saturated carbocycles. The highest BCUT2D eigenvalue weighted by atomic mass is 15.2. The fourth-order valence-corrected chi connectivity index (χ4v) is 2.35. The van der Waals surface area contributed by atoms with Gasteiger partial charge in [0.2, 0.25) is 0 Å². The predicted molar refractivity (Wildman–Crippen MR) is 76.2 cm³/mol. The van der Waals surface area contributed by atoms with Gasteiger partial charge in [-0.25, -0.2) is 0 Å². The van der Waals surface area contributed by atoms with Gasteiger partial charge in [-0.1, -0.05) is 12.1 Å². The van der Waals surface area contributed by atoms with Gasteiger partial charge >= 0.3 is 0 Å². The predicted octanol–water partition coefficient (Wildman–Crippen LogP) is 3.96. The zero-order chi connectivity index (χ0) is 14.0. The van der Waals surface area contributed by atoms with Gasteiger partial charge in [0.15, 0.2) is 0 Å². The number of hydrogen-bond donors (Lipinski definition) is 0. The number of nitriles is 1. The number of hydrogen-bond acceptors (Lipinski definition) is 2. The van der Waals surface area contributed by atoms with Crippen molar-refractivity contribution in [2.75, 3.05) is 0 Å². The summed E-state index contributed by atoms with van der Waals surface area (Å²) in [6.07, 6.45) is 0. The van der Waals surface area contributed by atoms with Gasteiger partial charge in [0, 0.05) is 17.6 Å². The lowest BCUT2D eigenvalue weighted by Crippen LogP contribution is -2.51. The van der Waals surface area contributed by atoms with E-state index >= 15 is 0 Å². The Bertz CT molecular complexity index is 410. The fourth-order valence-electron chi connectivity index (χ4n) is 2.35. The Labute approximate surface area is 111 Å². The number of rotatable bonds is 2. The standard InChI is InChI=1S/C16H24N2/c1-15(2,3)18(16(4,5)6)12-14-9-7-13(11-17)8-10-14/h7-10H,12H2,1-6H3. The van der Waals surface area contributed by atoms with E-state index in [1.165, 1.54) is 5.56 Å². The molecule has 2 nitrogen and oxygen atoms in total. The third kappa shape index (κ3) is 3.85. The highest BCUT2D eigenvalue weighted by Crippen LogP contribution is 2.27. The Morgan fingerprint density at radius 1 is 0.944 bits per heavy atom. The summed E-state index contributed by atoms with van der Waals surface area (Å²) in [5.74, 6) is 0. The summed E-state index contributed by atoms with van der Waals surface area (Å²) >= 11 is 0. The van der Waals surface area contributed by atoms with Crippen LogP contribution in [0, 0.1) is 11.3 Å². The molecule has 98 valence electrons. The van der Waals surface area contributed by atoms with Crippen molar-refractivity contribution in [1.82, 2.24) is 4.90 Å². The van der Waals surface area contributed by atoms with E-state index in [2.05, 4.69) is 52.5 Å². The van der Waals surface area contributed by atoms with Crippen molar-refractivity contribution in [3.05, 3.63) is 35.4 Å². The third-order valence-electron chi connectivity index (χ3n) is 3.04. The zero-order valence-electron chi connectivity index (χ0n) is 12.4. The van der Waals surface area contributed by atoms with E-state index in [4.69, 9.17) is 5.26 Å². The van der Waals surface area contributed by atoms with Gasteiger partial charge in [-0.15, -0.1) is 0 Å². The Kier molecular flexibility index (Phi) is 4.19. The molecule has 0 aromatic heterocycles. The summed E-state index contributed by atoms with van der Waals surface area (Å²) < 4.78 is 0. The quantitative estimate of drug-likeness (QED) is 0.787. The van der Waals surface area contributed by atoms with Gasteiger partial charge in [0.05, 0.1) is 11.6 Å². The summed E-state index contributed by atoms with van der Waals surface area (Å²) in [5, 5.41) is 8.81. The number of benzene rings is 1. The maximum absolute atomic E-state index is 8.81. The monoisotopic (exact) mass is 244 g/mol. The van der Waals surface area contributed by atoms with Crippen molar-refractivity contribution >= 4 is 0 Å². The molecular formula is C16H24N2. The minimum absolute atomic E-state index is 0.117. The van der Waals surface area contributed by atoms with E-state index in [1.54, 1.807) is 0 Å². The van der Waals surface area contributed by atoms with Crippen LogP contribution in [0.3, 0.4) is 0 Å². The summed E-state index contributed by atoms with van der Waals surface area (Å²) in [7, 11) is 0. The van der Waals surface area contributed by atoms with Crippen LogP contribution in [-0.4, -0.2) is 16.0 Å². The zero-order valence-corrected chi connectivity index (χ0v) is 12.4. The molecule has 18 heavy (non-hydrogen) atoms. The SMILES string of the molecule is CC(C)(C)N(Cc1ccc(C#N)cc1)C(C)(C)C. The highest BCUT2D eigenvalue weighted by molar-refractivity contribution is 5.31. The molecule has 0 unspecified atom stereocenters. The second-order valence-corrected chi connectivity index (χ2v) is 6.74. The molecule has 0 aliphatic carbocycles. The van der Waals surface area contributed by atoms with E-state index in [-0.39, 0.29) is 11.1 Å². The van der Waals surface area contributed by atoms with Gasteiger partial charge in [0.1, 0.15) is 0 Å². The molecule has 2 heteroatoms. The van der Waals surface area contributed by atoms with Gasteiger partial charge in [0.25, 0.3) is 0 Å². The Balaban J connectivity index is 2.94. The molecule has 0 N–H and O–H groups in total. The first-order valence-corrected chi connectivity index (χ1v) is 6.41. The van der Waals surface area contributed by atoms with E-state index < -0.39 is 0 Å². The van der Waals surface area contributed by atoms with E-state index in [9.17, 15) is 0 Å². The molecule has 0 spiro atoms. The summed E-state index contributed by atoms with van der Waals surface area (Å²) in [6, 6.07) is 10.0. The molecule has 0 heterocycles. The average molecular weight is 244 g/mol. The fraction of sp³-hybridized carbons (Fsp3) is 0.562. The van der Waals surface area contributed by atoms with Crippen molar-refractivity contribution in [1.29, 1.82) is 5.26 Å². The van der Waals surface area contributed by atoms with Gasteiger partial charge in [-0.3, -0.25) is 4.90 Å². The van der Waals surface area contributed by atoms with Crippen molar-refractivity contribution < 1.29 is 0 Å². The molecule has 0 saturated heterocycles. The molecule has 1 aromatic carbocycles. The normalized spacial score (nSPS) is 12.6. The molecule has 0 radical (unpaired) electrons. The van der Waals surface area contributed by atoms with E-state index in [1.807, 2.05) is 24.3 Å². The Hall–Kier alpha value is -1.33. The summed E-state index contributed by atoms with van der Waals surface area (Å²) in [4.78, 5) is 2.47. The van der Waals surface area contributed by atoms with Crippen LogP contribution < -0.4 is 0 Å². The van der Waals surface area contributed by atoms with Gasteiger partial charge in [-0.05, 0) is 59.2 Å². The van der Waals surface area contributed by atoms with Crippen molar-refractivity contribution in [3.8, 4) is 6.07 Å². The smallest absolute Gasteiger partial charge is 0.0991 e. The molecule has 0 aliphatic heterocycles. The Morgan fingerprint density at radius 3 is 1.72 bits per heavy atom. The molecule has 0 amide bonds. The molecule has 0 aliphatic rings. The van der Waals surface area contributed by atoms with Crippen molar-refractivity contribution in [2.45, 2.75) is 59.2 Å². The highest BCUT2D eigenvalue weighted by Gasteiger charge is 2.31. The van der Waals surface area contributed by atoms with Crippen molar-refractivity contribution in [2.24, 2.45) is 0 Å². The van der Waals surface area contributed by atoms with Crippen LogP contribution in [0.2, 0.25) is 0 Å². The second-order valence-electron chi connectivity index (χ2n) is 6.74. The lowest BCUT2D eigenvalue weighted by molar-refractivity contribution is 0.0298.